The van der Waals surface area contributed by atoms with E-state index in [1.54, 1.807) is 0 Å². The molecular weight excluding hydrogens is 236 g/mol. The van der Waals surface area contributed by atoms with Crippen molar-refractivity contribution < 1.29 is 4.74 Å². The van der Waals surface area contributed by atoms with Gasteiger partial charge in [-0.25, -0.2) is 0 Å². The second kappa shape index (κ2) is 7.05. The van der Waals surface area contributed by atoms with Crippen LogP contribution >= 0.6 is 0 Å². The van der Waals surface area contributed by atoms with Crippen LogP contribution in [0.1, 0.15) is 52.9 Å². The van der Waals surface area contributed by atoms with Gasteiger partial charge < -0.3 is 10.1 Å². The lowest BCUT2D eigenvalue weighted by Crippen LogP contribution is -2.49. The minimum Gasteiger partial charge on any atom is -0.373 e. The van der Waals surface area contributed by atoms with Crippen LogP contribution in [0.15, 0.2) is 0 Å². The van der Waals surface area contributed by atoms with Crippen molar-refractivity contribution >= 4 is 0 Å². The van der Waals surface area contributed by atoms with Crippen molar-refractivity contribution in [1.82, 2.24) is 10.2 Å². The van der Waals surface area contributed by atoms with E-state index in [-0.39, 0.29) is 5.60 Å². The Kier molecular flexibility index (Phi) is 5.67. The Morgan fingerprint density at radius 2 is 2.16 bits per heavy atom. The predicted molar refractivity (Wildman–Crippen MR) is 80.5 cm³/mol. The van der Waals surface area contributed by atoms with Crippen molar-refractivity contribution in [2.24, 2.45) is 5.92 Å². The van der Waals surface area contributed by atoms with Gasteiger partial charge in [0.15, 0.2) is 0 Å². The summed E-state index contributed by atoms with van der Waals surface area (Å²) in [6.07, 6.45) is 6.84. The fraction of sp³-hybridized carbons (Fsp3) is 1.00. The van der Waals surface area contributed by atoms with E-state index in [1.807, 2.05) is 0 Å². The number of nitrogens with one attached hydrogen (secondary N) is 1. The van der Waals surface area contributed by atoms with Crippen LogP contribution in [0.25, 0.3) is 0 Å². The smallest absolute Gasteiger partial charge is 0.0753 e. The molecule has 1 N–H and O–H groups in total. The zero-order chi connectivity index (χ0) is 13.7. The molecule has 0 aromatic rings. The first-order valence-corrected chi connectivity index (χ1v) is 8.20. The quantitative estimate of drug-likeness (QED) is 0.801. The Balaban J connectivity index is 1.72. The summed E-state index contributed by atoms with van der Waals surface area (Å²) in [7, 11) is 0. The Morgan fingerprint density at radius 3 is 2.89 bits per heavy atom. The normalized spacial score (nSPS) is 31.7. The van der Waals surface area contributed by atoms with Crippen LogP contribution in [0, 0.1) is 5.92 Å². The van der Waals surface area contributed by atoms with Gasteiger partial charge in [0.1, 0.15) is 0 Å². The Morgan fingerprint density at radius 1 is 1.32 bits per heavy atom. The lowest BCUT2D eigenvalue weighted by atomic mass is 9.98. The lowest BCUT2D eigenvalue weighted by molar-refractivity contribution is -0.0868. The van der Waals surface area contributed by atoms with E-state index in [4.69, 9.17) is 4.74 Å². The van der Waals surface area contributed by atoms with Crippen LogP contribution in [-0.4, -0.2) is 49.3 Å². The predicted octanol–water partition coefficient (Wildman–Crippen LogP) is 2.66. The van der Waals surface area contributed by atoms with E-state index in [1.165, 1.54) is 45.2 Å². The van der Waals surface area contributed by atoms with E-state index in [9.17, 15) is 0 Å². The van der Waals surface area contributed by atoms with E-state index in [0.717, 1.165) is 31.7 Å². The first-order valence-electron chi connectivity index (χ1n) is 8.20. The fourth-order valence-electron chi connectivity index (χ4n) is 3.63. The summed E-state index contributed by atoms with van der Waals surface area (Å²) in [5.74, 6) is 0.900. The van der Waals surface area contributed by atoms with Crippen molar-refractivity contribution in [1.29, 1.82) is 0 Å². The number of nitrogens with zero attached hydrogens (tertiary/aromatic N) is 1. The molecular formula is C16H32N2O. The standard InChI is InChI=1S/C16H32N2O/c1-4-9-17-15-7-5-6-14(15)8-10-18-11-12-19-16(2,3)13-18/h14-15,17H,4-13H2,1-3H3. The highest BCUT2D eigenvalue weighted by Gasteiger charge is 2.30. The Labute approximate surface area is 119 Å². The molecule has 0 radical (unpaired) electrons. The molecule has 1 aliphatic heterocycles. The molecule has 0 bridgehead atoms. The van der Waals surface area contributed by atoms with Crippen molar-refractivity contribution in [3.63, 3.8) is 0 Å². The number of hydrogen-bond donors (Lipinski definition) is 1. The summed E-state index contributed by atoms with van der Waals surface area (Å²) in [6, 6.07) is 0.786. The third kappa shape index (κ3) is 4.73. The van der Waals surface area contributed by atoms with Gasteiger partial charge in [-0.15, -0.1) is 0 Å². The summed E-state index contributed by atoms with van der Waals surface area (Å²) in [5, 5.41) is 3.74. The third-order valence-corrected chi connectivity index (χ3v) is 4.64. The first-order chi connectivity index (χ1) is 9.11. The molecule has 1 saturated heterocycles. The number of hydrogen-bond acceptors (Lipinski definition) is 3. The number of ether oxygens (including phenoxy) is 1. The number of rotatable bonds is 6. The largest absolute Gasteiger partial charge is 0.373 e. The maximum Gasteiger partial charge on any atom is 0.0753 e. The molecule has 1 aliphatic carbocycles. The van der Waals surface area contributed by atoms with Gasteiger partial charge in [0.2, 0.25) is 0 Å². The molecule has 1 heterocycles. The highest BCUT2D eigenvalue weighted by Crippen LogP contribution is 2.29. The van der Waals surface area contributed by atoms with Crippen molar-refractivity contribution in [3.8, 4) is 0 Å². The summed E-state index contributed by atoms with van der Waals surface area (Å²) in [4.78, 5) is 2.60. The van der Waals surface area contributed by atoms with Crippen molar-refractivity contribution in [3.05, 3.63) is 0 Å². The fourth-order valence-corrected chi connectivity index (χ4v) is 3.63. The molecule has 0 aromatic heterocycles. The second-order valence-corrected chi connectivity index (χ2v) is 6.92. The Hall–Kier alpha value is -0.120. The average Bonchev–Trinajstić information content (AvgIpc) is 2.80. The zero-order valence-electron chi connectivity index (χ0n) is 13.1. The molecule has 112 valence electrons. The summed E-state index contributed by atoms with van der Waals surface area (Å²) < 4.78 is 5.79. The van der Waals surface area contributed by atoms with Gasteiger partial charge in [-0.3, -0.25) is 4.90 Å². The molecule has 2 fully saturated rings. The molecule has 3 nitrogen and oxygen atoms in total. The van der Waals surface area contributed by atoms with Gasteiger partial charge in [0.25, 0.3) is 0 Å². The monoisotopic (exact) mass is 268 g/mol. The van der Waals surface area contributed by atoms with Gasteiger partial charge in [-0.2, -0.15) is 0 Å². The van der Waals surface area contributed by atoms with Crippen molar-refractivity contribution in [2.75, 3.05) is 32.8 Å². The molecule has 1 saturated carbocycles. The minimum absolute atomic E-state index is 0.0494. The summed E-state index contributed by atoms with van der Waals surface area (Å²) in [5.41, 5.74) is 0.0494. The lowest BCUT2D eigenvalue weighted by Gasteiger charge is -2.38. The van der Waals surface area contributed by atoms with E-state index in [0.29, 0.717) is 0 Å². The van der Waals surface area contributed by atoms with Crippen LogP contribution in [0.4, 0.5) is 0 Å². The van der Waals surface area contributed by atoms with Gasteiger partial charge >= 0.3 is 0 Å². The first kappa shape index (κ1) is 15.3. The van der Waals surface area contributed by atoms with Gasteiger partial charge in [0, 0.05) is 19.1 Å². The van der Waals surface area contributed by atoms with Crippen molar-refractivity contribution in [2.45, 2.75) is 64.5 Å². The highest BCUT2D eigenvalue weighted by molar-refractivity contribution is 4.85. The minimum atomic E-state index is 0.0494. The molecule has 3 heteroatoms. The second-order valence-electron chi connectivity index (χ2n) is 6.92. The maximum absolute atomic E-state index is 5.79. The molecule has 0 aromatic carbocycles. The topological polar surface area (TPSA) is 24.5 Å². The highest BCUT2D eigenvalue weighted by atomic mass is 16.5. The zero-order valence-corrected chi connectivity index (χ0v) is 13.1. The number of morpholine rings is 1. The molecule has 0 amide bonds. The van der Waals surface area contributed by atoms with Crippen LogP contribution in [0.3, 0.4) is 0 Å². The molecule has 0 spiro atoms. The molecule has 2 aliphatic rings. The van der Waals surface area contributed by atoms with Crippen LogP contribution in [0.2, 0.25) is 0 Å². The van der Waals surface area contributed by atoms with Gasteiger partial charge in [-0.1, -0.05) is 13.3 Å². The van der Waals surface area contributed by atoms with Crippen LogP contribution < -0.4 is 5.32 Å². The Bertz CT molecular complexity index is 267. The molecule has 2 atom stereocenters. The molecule has 2 unspecified atom stereocenters. The van der Waals surface area contributed by atoms with E-state index >= 15 is 0 Å². The third-order valence-electron chi connectivity index (χ3n) is 4.64. The molecule has 2 rings (SSSR count). The van der Waals surface area contributed by atoms with E-state index in [2.05, 4.69) is 31.0 Å². The maximum atomic E-state index is 5.79. The summed E-state index contributed by atoms with van der Waals surface area (Å²) >= 11 is 0. The SMILES string of the molecule is CCCNC1CCCC1CCN1CCOC(C)(C)C1. The van der Waals surface area contributed by atoms with Crippen LogP contribution in [-0.2, 0) is 4.74 Å². The molecule has 19 heavy (non-hydrogen) atoms. The van der Waals surface area contributed by atoms with Crippen LogP contribution in [0.5, 0.6) is 0 Å². The van der Waals surface area contributed by atoms with Gasteiger partial charge in [0.05, 0.1) is 12.2 Å². The van der Waals surface area contributed by atoms with E-state index < -0.39 is 0 Å². The summed E-state index contributed by atoms with van der Waals surface area (Å²) in [6.45, 7) is 12.2. The van der Waals surface area contributed by atoms with Gasteiger partial charge in [-0.05, 0) is 58.5 Å². The average molecular weight is 268 g/mol.